The van der Waals surface area contributed by atoms with Crippen LogP contribution in [0.1, 0.15) is 80.6 Å². The van der Waals surface area contributed by atoms with Gasteiger partial charge in [-0.1, -0.05) is 67.7 Å². The third-order valence-electron chi connectivity index (χ3n) is 3.41. The normalized spacial score (nSPS) is 23.2. The summed E-state index contributed by atoms with van der Waals surface area (Å²) in [4.78, 5) is 0. The summed E-state index contributed by atoms with van der Waals surface area (Å²) in [7, 11) is 0. The minimum absolute atomic E-state index is 0. The lowest BCUT2D eigenvalue weighted by Crippen LogP contribution is -2.17. The monoisotopic (exact) mass is 225 g/mol. The molecule has 0 unspecified atom stereocenters. The highest BCUT2D eigenvalue weighted by atomic mass is 14.3. The molecular formula is C15H34B. The van der Waals surface area contributed by atoms with Gasteiger partial charge in [0.05, 0.1) is 0 Å². The molecule has 0 aromatic carbocycles. The number of hydrogen-bond acceptors (Lipinski definition) is 0. The molecule has 0 bridgehead atoms. The summed E-state index contributed by atoms with van der Waals surface area (Å²) in [5.41, 5.74) is 0. The first-order chi connectivity index (χ1) is 7.24. The Morgan fingerprint density at radius 1 is 0.875 bits per heavy atom. The van der Waals surface area contributed by atoms with Gasteiger partial charge in [-0.05, 0) is 30.6 Å². The molecule has 1 saturated carbocycles. The molecule has 0 N–H and O–H groups in total. The van der Waals surface area contributed by atoms with E-state index in [0.717, 1.165) is 17.8 Å². The van der Waals surface area contributed by atoms with Crippen LogP contribution in [0.15, 0.2) is 0 Å². The molecule has 16 heavy (non-hydrogen) atoms. The van der Waals surface area contributed by atoms with Crippen molar-refractivity contribution < 1.29 is 0 Å². The van der Waals surface area contributed by atoms with Crippen LogP contribution in [0.2, 0.25) is 0 Å². The van der Waals surface area contributed by atoms with E-state index in [9.17, 15) is 0 Å². The van der Waals surface area contributed by atoms with E-state index in [1.165, 1.54) is 32.1 Å². The maximum Gasteiger partial charge on any atom is 0 e. The van der Waals surface area contributed by atoms with Gasteiger partial charge in [0.1, 0.15) is 0 Å². The van der Waals surface area contributed by atoms with Crippen LogP contribution in [0, 0.1) is 17.8 Å². The molecule has 0 nitrogen and oxygen atoms in total. The van der Waals surface area contributed by atoms with Crippen molar-refractivity contribution in [2.75, 3.05) is 0 Å². The van der Waals surface area contributed by atoms with Crippen LogP contribution in [-0.2, 0) is 0 Å². The third kappa shape index (κ3) is 9.30. The smallest absolute Gasteiger partial charge is 0 e. The summed E-state index contributed by atoms with van der Waals surface area (Å²) in [6.45, 7) is 15.1. The zero-order valence-corrected chi connectivity index (χ0v) is 12.8. The van der Waals surface area contributed by atoms with Crippen LogP contribution in [0.4, 0.5) is 0 Å². The average Bonchev–Trinajstić information content (AvgIpc) is 2.34. The molecule has 0 spiro atoms. The van der Waals surface area contributed by atoms with Gasteiger partial charge in [-0.2, -0.15) is 0 Å². The third-order valence-corrected chi connectivity index (χ3v) is 3.41. The van der Waals surface area contributed by atoms with Gasteiger partial charge in [0.15, 0.2) is 0 Å². The van der Waals surface area contributed by atoms with Crippen LogP contribution in [0.25, 0.3) is 0 Å². The van der Waals surface area contributed by atoms with Crippen LogP contribution in [-0.4, -0.2) is 8.41 Å². The molecule has 1 rings (SSSR count). The van der Waals surface area contributed by atoms with Gasteiger partial charge in [0.25, 0.3) is 0 Å². The molecule has 1 aliphatic rings. The lowest BCUT2D eigenvalue weighted by Gasteiger charge is -2.30. The maximum atomic E-state index is 2.37. The minimum Gasteiger partial charge on any atom is -0.0683 e. The Balaban J connectivity index is -0.000000305. The second-order valence-corrected chi connectivity index (χ2v) is 4.43. The van der Waals surface area contributed by atoms with Crippen LogP contribution in [0.3, 0.4) is 0 Å². The Morgan fingerprint density at radius 3 is 1.50 bits per heavy atom. The second kappa shape index (κ2) is 15.1. The zero-order valence-electron chi connectivity index (χ0n) is 12.8. The first kappa shape index (κ1) is 21.4. The molecule has 97 valence electrons. The molecular weight excluding hydrogens is 191 g/mol. The van der Waals surface area contributed by atoms with Crippen molar-refractivity contribution in [1.82, 2.24) is 0 Å². The molecule has 0 aromatic heterocycles. The van der Waals surface area contributed by atoms with E-state index in [1.807, 2.05) is 27.7 Å². The molecule has 0 aliphatic heterocycles. The fraction of sp³-hybridized carbons (Fsp3) is 1.00. The molecule has 0 saturated heterocycles. The Kier molecular flexibility index (Phi) is 20.1. The minimum atomic E-state index is 0. The van der Waals surface area contributed by atoms with Gasteiger partial charge in [0.2, 0.25) is 0 Å². The summed E-state index contributed by atoms with van der Waals surface area (Å²) in [5, 5.41) is 0. The maximum absolute atomic E-state index is 2.37. The molecule has 1 heteroatoms. The van der Waals surface area contributed by atoms with Gasteiger partial charge in [-0.15, -0.1) is 0 Å². The summed E-state index contributed by atoms with van der Waals surface area (Å²) < 4.78 is 0. The summed E-state index contributed by atoms with van der Waals surface area (Å²) in [6, 6.07) is 0. The van der Waals surface area contributed by atoms with Crippen molar-refractivity contribution in [2.45, 2.75) is 80.6 Å². The van der Waals surface area contributed by atoms with Gasteiger partial charge >= 0.3 is 0 Å². The second-order valence-electron chi connectivity index (χ2n) is 4.43. The Labute approximate surface area is 107 Å². The Bertz CT molecular complexity index is 102. The highest BCUT2D eigenvalue weighted by Crippen LogP contribution is 2.34. The molecule has 0 heterocycles. The topological polar surface area (TPSA) is 0 Å². The van der Waals surface area contributed by atoms with Gasteiger partial charge in [-0.3, -0.25) is 0 Å². The van der Waals surface area contributed by atoms with E-state index < -0.39 is 0 Å². The van der Waals surface area contributed by atoms with E-state index in [-0.39, 0.29) is 8.41 Å². The molecule has 0 aromatic rings. The van der Waals surface area contributed by atoms with Crippen LogP contribution < -0.4 is 0 Å². The zero-order chi connectivity index (χ0) is 12.3. The van der Waals surface area contributed by atoms with Crippen LogP contribution in [0.5, 0.6) is 0 Å². The van der Waals surface area contributed by atoms with Crippen molar-refractivity contribution in [3.8, 4) is 0 Å². The van der Waals surface area contributed by atoms with Gasteiger partial charge < -0.3 is 0 Å². The van der Waals surface area contributed by atoms with Crippen LogP contribution >= 0.6 is 0 Å². The highest BCUT2D eigenvalue weighted by Gasteiger charge is 2.21. The first-order valence-electron chi connectivity index (χ1n) is 7.24. The van der Waals surface area contributed by atoms with Gasteiger partial charge in [0, 0.05) is 8.41 Å². The lowest BCUT2D eigenvalue weighted by atomic mass is 9.76. The summed E-state index contributed by atoms with van der Waals surface area (Å²) in [6.07, 6.45) is 7.40. The van der Waals surface area contributed by atoms with E-state index >= 15 is 0 Å². The SMILES string of the molecule is CC.CC.CCC1CCC(C(C)C)CC1.[B]. The molecule has 1 aliphatic carbocycles. The largest absolute Gasteiger partial charge is 0.0683 e. The van der Waals surface area contributed by atoms with Crippen molar-refractivity contribution >= 4 is 8.41 Å². The van der Waals surface area contributed by atoms with E-state index in [0.29, 0.717) is 0 Å². The van der Waals surface area contributed by atoms with Gasteiger partial charge in [-0.25, -0.2) is 0 Å². The van der Waals surface area contributed by atoms with Crippen molar-refractivity contribution in [3.63, 3.8) is 0 Å². The number of hydrogen-bond donors (Lipinski definition) is 0. The molecule has 0 amide bonds. The molecule has 3 radical (unpaired) electrons. The molecule has 1 fully saturated rings. The fourth-order valence-corrected chi connectivity index (χ4v) is 2.26. The fourth-order valence-electron chi connectivity index (χ4n) is 2.26. The van der Waals surface area contributed by atoms with E-state index in [2.05, 4.69) is 20.8 Å². The summed E-state index contributed by atoms with van der Waals surface area (Å²) >= 11 is 0. The van der Waals surface area contributed by atoms with Crippen molar-refractivity contribution in [2.24, 2.45) is 17.8 Å². The Morgan fingerprint density at radius 2 is 1.25 bits per heavy atom. The average molecular weight is 225 g/mol. The summed E-state index contributed by atoms with van der Waals surface area (Å²) in [5.74, 6) is 3.02. The number of rotatable bonds is 2. The Hall–Kier alpha value is 0.0649. The lowest BCUT2D eigenvalue weighted by molar-refractivity contribution is 0.221. The van der Waals surface area contributed by atoms with Crippen molar-refractivity contribution in [3.05, 3.63) is 0 Å². The first-order valence-corrected chi connectivity index (χ1v) is 7.24. The van der Waals surface area contributed by atoms with E-state index in [4.69, 9.17) is 0 Å². The molecule has 0 atom stereocenters. The highest BCUT2D eigenvalue weighted by molar-refractivity contribution is 5.75. The quantitative estimate of drug-likeness (QED) is 0.542. The van der Waals surface area contributed by atoms with E-state index in [1.54, 1.807) is 0 Å². The van der Waals surface area contributed by atoms with Crippen molar-refractivity contribution in [1.29, 1.82) is 0 Å². The predicted molar refractivity (Wildman–Crippen MR) is 79.0 cm³/mol. The predicted octanol–water partition coefficient (Wildman–Crippen LogP) is 5.53. The standard InChI is InChI=1S/C11H22.2C2H6.B/c1-4-10-5-7-11(8-6-10)9(2)3;2*1-2;/h9-11H,4-8H2,1-3H3;2*1-2H3;.